The molecule has 2 rings (SSSR count). The number of aliphatic hydroxyl groups excluding tert-OH is 1. The minimum atomic E-state index is -3.69. The Bertz CT molecular complexity index is 696. The lowest BCUT2D eigenvalue weighted by Gasteiger charge is -2.11. The Balaban J connectivity index is 2.25. The Morgan fingerprint density at radius 3 is 2.38 bits per heavy atom. The Morgan fingerprint density at radius 2 is 1.76 bits per heavy atom. The SMILES string of the molecule is CCOc1ccc(S(=O)(=O)Nc2ccccc2CO)cc1. The highest BCUT2D eigenvalue weighted by Gasteiger charge is 2.15. The summed E-state index contributed by atoms with van der Waals surface area (Å²) < 4.78 is 32.4. The van der Waals surface area contributed by atoms with Crippen LogP contribution in [-0.4, -0.2) is 20.1 Å². The first-order chi connectivity index (χ1) is 10.1. The molecular weight excluding hydrogens is 290 g/mol. The van der Waals surface area contributed by atoms with Crippen molar-refractivity contribution in [1.29, 1.82) is 0 Å². The number of aliphatic hydroxyl groups is 1. The first-order valence-corrected chi connectivity index (χ1v) is 7.99. The number of para-hydroxylation sites is 1. The van der Waals surface area contributed by atoms with E-state index >= 15 is 0 Å². The highest BCUT2D eigenvalue weighted by atomic mass is 32.2. The van der Waals surface area contributed by atoms with Gasteiger partial charge in [0.1, 0.15) is 5.75 Å². The van der Waals surface area contributed by atoms with Crippen molar-refractivity contribution in [2.45, 2.75) is 18.4 Å². The zero-order valence-electron chi connectivity index (χ0n) is 11.6. The lowest BCUT2D eigenvalue weighted by molar-refractivity contribution is 0.282. The molecule has 0 radical (unpaired) electrons. The Hall–Kier alpha value is -2.05. The molecule has 0 aliphatic rings. The van der Waals surface area contributed by atoms with E-state index in [0.29, 0.717) is 23.6 Å². The molecule has 112 valence electrons. The summed E-state index contributed by atoms with van der Waals surface area (Å²) in [5.74, 6) is 0.618. The van der Waals surface area contributed by atoms with Gasteiger partial charge in [-0.1, -0.05) is 18.2 Å². The highest BCUT2D eigenvalue weighted by Crippen LogP contribution is 2.21. The van der Waals surface area contributed by atoms with Gasteiger partial charge in [0.05, 0.1) is 23.8 Å². The molecule has 0 amide bonds. The summed E-state index contributed by atoms with van der Waals surface area (Å²) in [7, 11) is -3.69. The summed E-state index contributed by atoms with van der Waals surface area (Å²) in [4.78, 5) is 0.138. The fourth-order valence-corrected chi connectivity index (χ4v) is 2.94. The zero-order valence-corrected chi connectivity index (χ0v) is 12.4. The summed E-state index contributed by atoms with van der Waals surface area (Å²) in [6, 6.07) is 12.9. The maximum atomic E-state index is 12.3. The third-order valence-corrected chi connectivity index (χ3v) is 4.26. The molecule has 0 aliphatic heterocycles. The number of hydrogen-bond acceptors (Lipinski definition) is 4. The molecule has 0 atom stereocenters. The van der Waals surface area contributed by atoms with Crippen molar-refractivity contribution in [1.82, 2.24) is 0 Å². The molecular formula is C15H17NO4S. The van der Waals surface area contributed by atoms with Crippen LogP contribution >= 0.6 is 0 Å². The molecule has 0 unspecified atom stereocenters. The average Bonchev–Trinajstić information content (AvgIpc) is 2.48. The quantitative estimate of drug-likeness (QED) is 0.859. The van der Waals surface area contributed by atoms with E-state index in [1.165, 1.54) is 12.1 Å². The molecule has 2 aromatic rings. The number of hydrogen-bond donors (Lipinski definition) is 2. The van der Waals surface area contributed by atoms with Crippen LogP contribution in [0.1, 0.15) is 12.5 Å². The largest absolute Gasteiger partial charge is 0.494 e. The maximum absolute atomic E-state index is 12.3. The van der Waals surface area contributed by atoms with E-state index in [-0.39, 0.29) is 11.5 Å². The van der Waals surface area contributed by atoms with E-state index in [9.17, 15) is 13.5 Å². The van der Waals surface area contributed by atoms with Crippen molar-refractivity contribution in [3.05, 3.63) is 54.1 Å². The number of benzene rings is 2. The Kier molecular flexibility index (Phi) is 4.82. The van der Waals surface area contributed by atoms with Gasteiger partial charge in [-0.2, -0.15) is 0 Å². The lowest BCUT2D eigenvalue weighted by atomic mass is 10.2. The van der Waals surface area contributed by atoms with Crippen LogP contribution in [0.4, 0.5) is 5.69 Å². The molecule has 2 N–H and O–H groups in total. The van der Waals surface area contributed by atoms with Gasteiger partial charge in [0.15, 0.2) is 0 Å². The zero-order chi connectivity index (χ0) is 15.3. The number of anilines is 1. The van der Waals surface area contributed by atoms with Crippen molar-refractivity contribution in [3.8, 4) is 5.75 Å². The summed E-state index contributed by atoms with van der Waals surface area (Å²) >= 11 is 0. The normalized spacial score (nSPS) is 11.1. The maximum Gasteiger partial charge on any atom is 0.261 e. The van der Waals surface area contributed by atoms with Crippen molar-refractivity contribution in [2.75, 3.05) is 11.3 Å². The molecule has 0 heterocycles. The predicted molar refractivity (Wildman–Crippen MR) is 80.8 cm³/mol. The van der Waals surface area contributed by atoms with Crippen molar-refractivity contribution in [2.24, 2.45) is 0 Å². The first kappa shape index (κ1) is 15.3. The summed E-state index contributed by atoms with van der Waals surface area (Å²) in [5.41, 5.74) is 0.890. The van der Waals surface area contributed by atoms with E-state index in [4.69, 9.17) is 4.74 Å². The number of ether oxygens (including phenoxy) is 1. The second kappa shape index (κ2) is 6.60. The summed E-state index contributed by atoms with van der Waals surface area (Å²) in [6.07, 6.45) is 0. The third kappa shape index (κ3) is 3.74. The standard InChI is InChI=1S/C15H17NO4S/c1-2-20-13-7-9-14(10-8-13)21(18,19)16-15-6-4-3-5-12(15)11-17/h3-10,16-17H,2,11H2,1H3. The second-order valence-electron chi connectivity index (χ2n) is 4.33. The molecule has 2 aromatic carbocycles. The fourth-order valence-electron chi connectivity index (χ4n) is 1.84. The van der Waals surface area contributed by atoms with Crippen molar-refractivity contribution < 1.29 is 18.3 Å². The summed E-state index contributed by atoms with van der Waals surface area (Å²) in [6.45, 7) is 2.15. The molecule has 0 saturated carbocycles. The molecule has 0 aromatic heterocycles. The molecule has 5 nitrogen and oxygen atoms in total. The van der Waals surface area contributed by atoms with Gasteiger partial charge in [-0.05, 0) is 37.3 Å². The molecule has 0 spiro atoms. The van der Waals surface area contributed by atoms with Crippen LogP contribution in [-0.2, 0) is 16.6 Å². The predicted octanol–water partition coefficient (Wildman–Crippen LogP) is 2.38. The van der Waals surface area contributed by atoms with Crippen molar-refractivity contribution >= 4 is 15.7 Å². The van der Waals surface area contributed by atoms with Gasteiger partial charge >= 0.3 is 0 Å². The van der Waals surface area contributed by atoms with Crippen LogP contribution in [0.2, 0.25) is 0 Å². The van der Waals surface area contributed by atoms with Gasteiger partial charge in [-0.25, -0.2) is 8.42 Å². The van der Waals surface area contributed by atoms with Gasteiger partial charge < -0.3 is 9.84 Å². The first-order valence-electron chi connectivity index (χ1n) is 6.51. The number of rotatable bonds is 6. The van der Waals surface area contributed by atoms with Crippen LogP contribution < -0.4 is 9.46 Å². The van der Waals surface area contributed by atoms with Gasteiger partial charge in [0.2, 0.25) is 0 Å². The molecule has 0 saturated heterocycles. The molecule has 0 fully saturated rings. The van der Waals surface area contributed by atoms with E-state index < -0.39 is 10.0 Å². The van der Waals surface area contributed by atoms with Crippen LogP contribution in [0.3, 0.4) is 0 Å². The highest BCUT2D eigenvalue weighted by molar-refractivity contribution is 7.92. The van der Waals surface area contributed by atoms with Crippen molar-refractivity contribution in [3.63, 3.8) is 0 Å². The van der Waals surface area contributed by atoms with Gasteiger partial charge in [-0.3, -0.25) is 4.72 Å². The average molecular weight is 307 g/mol. The lowest BCUT2D eigenvalue weighted by Crippen LogP contribution is -2.14. The molecule has 21 heavy (non-hydrogen) atoms. The number of sulfonamides is 1. The minimum Gasteiger partial charge on any atom is -0.494 e. The van der Waals surface area contributed by atoms with Crippen LogP contribution in [0.15, 0.2) is 53.4 Å². The van der Waals surface area contributed by atoms with E-state index in [1.54, 1.807) is 36.4 Å². The van der Waals surface area contributed by atoms with Gasteiger partial charge in [-0.15, -0.1) is 0 Å². The van der Waals surface area contributed by atoms with E-state index in [0.717, 1.165) is 0 Å². The Morgan fingerprint density at radius 1 is 1.10 bits per heavy atom. The van der Waals surface area contributed by atoms with E-state index in [1.807, 2.05) is 6.92 Å². The third-order valence-electron chi connectivity index (χ3n) is 2.88. The van der Waals surface area contributed by atoms with Crippen LogP contribution in [0, 0.1) is 0 Å². The molecule has 0 bridgehead atoms. The number of nitrogens with one attached hydrogen (secondary N) is 1. The van der Waals surface area contributed by atoms with Gasteiger partial charge in [0, 0.05) is 5.56 Å². The fraction of sp³-hybridized carbons (Fsp3) is 0.200. The second-order valence-corrected chi connectivity index (χ2v) is 6.01. The topological polar surface area (TPSA) is 75.6 Å². The smallest absolute Gasteiger partial charge is 0.261 e. The van der Waals surface area contributed by atoms with Gasteiger partial charge in [0.25, 0.3) is 10.0 Å². The molecule has 0 aliphatic carbocycles. The Labute approximate surface area is 124 Å². The summed E-state index contributed by atoms with van der Waals surface area (Å²) in [5, 5.41) is 9.23. The monoisotopic (exact) mass is 307 g/mol. The van der Waals surface area contributed by atoms with Crippen LogP contribution in [0.25, 0.3) is 0 Å². The van der Waals surface area contributed by atoms with Crippen LogP contribution in [0.5, 0.6) is 5.75 Å². The van der Waals surface area contributed by atoms with E-state index in [2.05, 4.69) is 4.72 Å². The molecule has 6 heteroatoms. The minimum absolute atomic E-state index is 0.138.